The van der Waals surface area contributed by atoms with E-state index >= 15 is 0 Å². The second-order valence-corrected chi connectivity index (χ2v) is 7.40. The number of anilines is 1. The predicted octanol–water partition coefficient (Wildman–Crippen LogP) is 1.84. The van der Waals surface area contributed by atoms with E-state index in [0.29, 0.717) is 13.1 Å². The van der Waals surface area contributed by atoms with Gasteiger partial charge in [0, 0.05) is 51.0 Å². The minimum absolute atomic E-state index is 0.0834. The van der Waals surface area contributed by atoms with Crippen LogP contribution in [0.1, 0.15) is 20.8 Å². The molecule has 1 amide bonds. The van der Waals surface area contributed by atoms with E-state index in [-0.39, 0.29) is 24.2 Å². The van der Waals surface area contributed by atoms with Crippen LogP contribution in [-0.2, 0) is 9.53 Å². The normalized spacial score (nSPS) is 25.8. The molecule has 2 aliphatic rings. The molecule has 0 unspecified atom stereocenters. The van der Waals surface area contributed by atoms with Gasteiger partial charge < -0.3 is 19.3 Å². The molecule has 2 saturated heterocycles. The minimum Gasteiger partial charge on any atom is -0.497 e. The first-order valence-corrected chi connectivity index (χ1v) is 9.55. The number of carbonyl (C=O) groups is 1. The number of rotatable bonds is 4. The number of hydrogen-bond acceptors (Lipinski definition) is 5. The van der Waals surface area contributed by atoms with Gasteiger partial charge in [-0.1, -0.05) is 6.07 Å². The molecule has 26 heavy (non-hydrogen) atoms. The Morgan fingerprint density at radius 2 is 1.81 bits per heavy atom. The van der Waals surface area contributed by atoms with Gasteiger partial charge in [0.05, 0.1) is 25.4 Å². The topological polar surface area (TPSA) is 45.2 Å². The van der Waals surface area contributed by atoms with Crippen molar-refractivity contribution in [2.24, 2.45) is 0 Å². The Hall–Kier alpha value is -1.79. The van der Waals surface area contributed by atoms with Gasteiger partial charge in [-0.2, -0.15) is 0 Å². The highest BCUT2D eigenvalue weighted by Gasteiger charge is 2.32. The molecule has 2 fully saturated rings. The third-order valence-electron chi connectivity index (χ3n) is 5.37. The summed E-state index contributed by atoms with van der Waals surface area (Å²) >= 11 is 0. The van der Waals surface area contributed by atoms with E-state index in [4.69, 9.17) is 9.47 Å². The summed E-state index contributed by atoms with van der Waals surface area (Å²) in [4.78, 5) is 19.5. The fraction of sp³-hybridized carbons (Fsp3) is 0.650. The van der Waals surface area contributed by atoms with Crippen molar-refractivity contribution in [3.63, 3.8) is 0 Å². The van der Waals surface area contributed by atoms with Crippen molar-refractivity contribution in [3.05, 3.63) is 24.3 Å². The lowest BCUT2D eigenvalue weighted by molar-refractivity contribution is -0.148. The number of nitrogens with zero attached hydrogens (tertiary/aromatic N) is 3. The fourth-order valence-corrected chi connectivity index (χ4v) is 3.95. The zero-order valence-electron chi connectivity index (χ0n) is 16.4. The molecule has 144 valence electrons. The van der Waals surface area contributed by atoms with E-state index in [1.165, 1.54) is 5.69 Å². The van der Waals surface area contributed by atoms with Crippen molar-refractivity contribution < 1.29 is 14.3 Å². The van der Waals surface area contributed by atoms with E-state index in [1.807, 2.05) is 37.8 Å². The van der Waals surface area contributed by atoms with Gasteiger partial charge >= 0.3 is 0 Å². The van der Waals surface area contributed by atoms with Gasteiger partial charge in [-0.3, -0.25) is 9.69 Å². The molecule has 0 N–H and O–H groups in total. The average molecular weight is 361 g/mol. The van der Waals surface area contributed by atoms with Crippen LogP contribution < -0.4 is 9.64 Å². The van der Waals surface area contributed by atoms with Crippen LogP contribution >= 0.6 is 0 Å². The molecule has 0 spiro atoms. The summed E-state index contributed by atoms with van der Waals surface area (Å²) in [6, 6.07) is 8.09. The van der Waals surface area contributed by atoms with Crippen molar-refractivity contribution in [1.29, 1.82) is 0 Å². The quantitative estimate of drug-likeness (QED) is 0.819. The molecule has 3 rings (SSSR count). The molecule has 2 aliphatic heterocycles. The lowest BCUT2D eigenvalue weighted by atomic mass is 10.1. The molecule has 1 aromatic carbocycles. The fourth-order valence-electron chi connectivity index (χ4n) is 3.95. The van der Waals surface area contributed by atoms with Gasteiger partial charge in [-0.25, -0.2) is 0 Å². The molecular formula is C20H31N3O3. The SMILES string of the molecule is COc1cccc(N2CCN([C@H](C)C(=O)N3C[C@@H](C)O[C@H](C)C3)CC2)c1. The zero-order chi connectivity index (χ0) is 18.7. The largest absolute Gasteiger partial charge is 0.497 e. The van der Waals surface area contributed by atoms with Crippen LogP contribution in [0.15, 0.2) is 24.3 Å². The number of piperazine rings is 1. The van der Waals surface area contributed by atoms with Crippen LogP contribution in [0.2, 0.25) is 0 Å². The van der Waals surface area contributed by atoms with Gasteiger partial charge in [-0.05, 0) is 32.9 Å². The van der Waals surface area contributed by atoms with Gasteiger partial charge in [0.2, 0.25) is 5.91 Å². The first kappa shape index (κ1) is 19.0. The Morgan fingerprint density at radius 1 is 1.15 bits per heavy atom. The third-order valence-corrected chi connectivity index (χ3v) is 5.37. The smallest absolute Gasteiger partial charge is 0.239 e. The highest BCUT2D eigenvalue weighted by molar-refractivity contribution is 5.81. The molecule has 1 aromatic rings. The number of hydrogen-bond donors (Lipinski definition) is 0. The molecule has 0 aliphatic carbocycles. The molecule has 0 bridgehead atoms. The first-order valence-electron chi connectivity index (χ1n) is 9.55. The molecule has 3 atom stereocenters. The number of methoxy groups -OCH3 is 1. The Labute approximate surface area is 156 Å². The van der Waals surface area contributed by atoms with E-state index in [9.17, 15) is 4.79 Å². The highest BCUT2D eigenvalue weighted by Crippen LogP contribution is 2.23. The number of carbonyl (C=O) groups excluding carboxylic acids is 1. The molecule has 6 nitrogen and oxygen atoms in total. The molecular weight excluding hydrogens is 330 g/mol. The van der Waals surface area contributed by atoms with E-state index < -0.39 is 0 Å². The lowest BCUT2D eigenvalue weighted by Crippen LogP contribution is -2.57. The summed E-state index contributed by atoms with van der Waals surface area (Å²) in [5.74, 6) is 1.10. The maximum absolute atomic E-state index is 12.9. The first-order chi connectivity index (χ1) is 12.5. The maximum atomic E-state index is 12.9. The Morgan fingerprint density at radius 3 is 2.42 bits per heavy atom. The van der Waals surface area contributed by atoms with Gasteiger partial charge in [0.25, 0.3) is 0 Å². The Kier molecular flexibility index (Phi) is 6.04. The summed E-state index contributed by atoms with van der Waals surface area (Å²) in [5.41, 5.74) is 1.18. The maximum Gasteiger partial charge on any atom is 0.239 e. The van der Waals surface area contributed by atoms with Crippen molar-refractivity contribution >= 4 is 11.6 Å². The van der Waals surface area contributed by atoms with Gasteiger partial charge in [0.1, 0.15) is 5.75 Å². The van der Waals surface area contributed by atoms with Crippen LogP contribution in [-0.4, -0.2) is 80.3 Å². The average Bonchev–Trinajstić information content (AvgIpc) is 2.66. The van der Waals surface area contributed by atoms with Crippen LogP contribution in [0.25, 0.3) is 0 Å². The predicted molar refractivity (Wildman–Crippen MR) is 103 cm³/mol. The second-order valence-electron chi connectivity index (χ2n) is 7.40. The number of morpholine rings is 1. The number of benzene rings is 1. The van der Waals surface area contributed by atoms with Crippen LogP contribution in [0.5, 0.6) is 5.75 Å². The summed E-state index contributed by atoms with van der Waals surface area (Å²) in [7, 11) is 1.69. The van der Waals surface area contributed by atoms with E-state index in [0.717, 1.165) is 31.9 Å². The molecule has 2 heterocycles. The summed E-state index contributed by atoms with van der Waals surface area (Å²) in [6.07, 6.45) is 0.222. The molecule has 0 radical (unpaired) electrons. The summed E-state index contributed by atoms with van der Waals surface area (Å²) < 4.78 is 11.1. The molecule has 0 saturated carbocycles. The van der Waals surface area contributed by atoms with Crippen molar-refractivity contribution in [2.45, 2.75) is 39.0 Å². The number of amides is 1. The van der Waals surface area contributed by atoms with Crippen molar-refractivity contribution in [2.75, 3.05) is 51.3 Å². The summed E-state index contributed by atoms with van der Waals surface area (Å²) in [5, 5.41) is 0. The standard InChI is InChI=1S/C20H31N3O3/c1-15-13-23(14-16(2)26-15)20(24)17(3)21-8-10-22(11-9-21)18-6-5-7-19(12-18)25-4/h5-7,12,15-17H,8-11,13-14H2,1-4H3/t15-,16-,17-/m1/s1. The molecule has 0 aromatic heterocycles. The highest BCUT2D eigenvalue weighted by atomic mass is 16.5. The third kappa shape index (κ3) is 4.30. The summed E-state index contributed by atoms with van der Waals surface area (Å²) in [6.45, 7) is 11.1. The molecule has 6 heteroatoms. The van der Waals surface area contributed by atoms with Crippen LogP contribution in [0.3, 0.4) is 0 Å². The monoisotopic (exact) mass is 361 g/mol. The van der Waals surface area contributed by atoms with Crippen LogP contribution in [0, 0.1) is 0 Å². The second kappa shape index (κ2) is 8.27. The van der Waals surface area contributed by atoms with E-state index in [2.05, 4.69) is 21.9 Å². The van der Waals surface area contributed by atoms with Crippen molar-refractivity contribution in [1.82, 2.24) is 9.80 Å². The Balaban J connectivity index is 1.56. The Bertz CT molecular complexity index is 606. The zero-order valence-corrected chi connectivity index (χ0v) is 16.4. The van der Waals surface area contributed by atoms with Crippen LogP contribution in [0.4, 0.5) is 5.69 Å². The van der Waals surface area contributed by atoms with Crippen molar-refractivity contribution in [3.8, 4) is 5.75 Å². The minimum atomic E-state index is -0.0834. The number of ether oxygens (including phenoxy) is 2. The van der Waals surface area contributed by atoms with Gasteiger partial charge in [0.15, 0.2) is 0 Å². The lowest BCUT2D eigenvalue weighted by Gasteiger charge is -2.42. The van der Waals surface area contributed by atoms with Gasteiger partial charge in [-0.15, -0.1) is 0 Å². The van der Waals surface area contributed by atoms with E-state index in [1.54, 1.807) is 7.11 Å².